The van der Waals surface area contributed by atoms with Gasteiger partial charge in [0.05, 0.1) is 13.2 Å². The second kappa shape index (κ2) is 30.2. The summed E-state index contributed by atoms with van der Waals surface area (Å²) in [5, 5.41) is 11.6. The molecule has 0 fully saturated rings. The van der Waals surface area contributed by atoms with Crippen LogP contribution < -0.4 is 10.1 Å². The molecule has 0 heterocycles. The van der Waals surface area contributed by atoms with Crippen LogP contribution in [-0.2, 0) is 14.3 Å². The van der Waals surface area contributed by atoms with E-state index in [-0.39, 0.29) is 0 Å². The lowest BCUT2D eigenvalue weighted by atomic mass is 10.1. The van der Waals surface area contributed by atoms with Crippen LogP contribution in [0.15, 0.2) is 24.3 Å². The Labute approximate surface area is 281 Å². The fourth-order valence-electron chi connectivity index (χ4n) is 5.52. The van der Waals surface area contributed by atoms with E-state index in [0.29, 0.717) is 24.5 Å². The smallest absolute Gasteiger partial charge is 0.325 e. The van der Waals surface area contributed by atoms with Crippen molar-refractivity contribution in [3.05, 3.63) is 29.8 Å². The van der Waals surface area contributed by atoms with Crippen molar-refractivity contribution in [2.75, 3.05) is 13.2 Å². The SMILES string of the molecule is CCCCCCCCCCCCCCOC(OCCCCCCCCCCCCCC)Oc1cccc(C(=O)NC(C)C(=O)O)c1. The van der Waals surface area contributed by atoms with Crippen molar-refractivity contribution in [2.45, 2.75) is 187 Å². The number of hydrogen-bond acceptors (Lipinski definition) is 5. The summed E-state index contributed by atoms with van der Waals surface area (Å²) in [6.45, 7) is 6.22. The van der Waals surface area contributed by atoms with Gasteiger partial charge in [0, 0.05) is 5.56 Å². The average Bonchev–Trinajstić information content (AvgIpc) is 3.05. The fraction of sp³-hybridized carbons (Fsp3) is 0.795. The predicted octanol–water partition coefficient (Wildman–Crippen LogP) is 11.0. The van der Waals surface area contributed by atoms with Gasteiger partial charge in [0.15, 0.2) is 0 Å². The average molecular weight is 648 g/mol. The third-order valence-electron chi connectivity index (χ3n) is 8.55. The molecule has 7 heteroatoms. The third-order valence-corrected chi connectivity index (χ3v) is 8.55. The molecule has 1 aromatic carbocycles. The zero-order valence-electron chi connectivity index (χ0n) is 29.8. The highest BCUT2D eigenvalue weighted by molar-refractivity contribution is 5.96. The van der Waals surface area contributed by atoms with Crippen molar-refractivity contribution in [3.63, 3.8) is 0 Å². The quantitative estimate of drug-likeness (QED) is 0.0582. The Morgan fingerprint density at radius 2 is 1.02 bits per heavy atom. The molecule has 0 aromatic heterocycles. The van der Waals surface area contributed by atoms with Crippen LogP contribution in [0.1, 0.15) is 185 Å². The Bertz CT molecular complexity index is 833. The molecule has 0 aliphatic rings. The van der Waals surface area contributed by atoms with Gasteiger partial charge in [0.1, 0.15) is 11.8 Å². The summed E-state index contributed by atoms with van der Waals surface area (Å²) >= 11 is 0. The highest BCUT2D eigenvalue weighted by Crippen LogP contribution is 2.18. The van der Waals surface area contributed by atoms with E-state index in [4.69, 9.17) is 19.3 Å². The number of amides is 1. The van der Waals surface area contributed by atoms with Gasteiger partial charge in [-0.05, 0) is 38.0 Å². The number of nitrogens with one attached hydrogen (secondary N) is 1. The number of carbonyl (C=O) groups is 2. The lowest BCUT2D eigenvalue weighted by Gasteiger charge is -2.20. The number of rotatable bonds is 33. The fourth-order valence-corrected chi connectivity index (χ4v) is 5.52. The molecule has 0 bridgehead atoms. The number of hydrogen-bond donors (Lipinski definition) is 2. The normalized spacial score (nSPS) is 12.0. The summed E-state index contributed by atoms with van der Waals surface area (Å²) in [7, 11) is 0. The monoisotopic (exact) mass is 648 g/mol. The number of ether oxygens (including phenoxy) is 3. The van der Waals surface area contributed by atoms with Crippen molar-refractivity contribution in [1.82, 2.24) is 5.32 Å². The lowest BCUT2D eigenvalue weighted by molar-refractivity contribution is -0.247. The van der Waals surface area contributed by atoms with Crippen molar-refractivity contribution < 1.29 is 28.9 Å². The first-order valence-electron chi connectivity index (χ1n) is 19.0. The molecule has 266 valence electrons. The molecule has 0 radical (unpaired) electrons. The largest absolute Gasteiger partial charge is 0.480 e. The zero-order chi connectivity index (χ0) is 33.5. The number of benzene rings is 1. The topological polar surface area (TPSA) is 94.1 Å². The van der Waals surface area contributed by atoms with Gasteiger partial charge in [-0.15, -0.1) is 0 Å². The van der Waals surface area contributed by atoms with E-state index in [2.05, 4.69) is 19.2 Å². The Hall–Kier alpha value is -2.12. The molecular formula is C39H69NO6. The van der Waals surface area contributed by atoms with Gasteiger partial charge in [-0.25, -0.2) is 0 Å². The second-order valence-electron chi connectivity index (χ2n) is 13.0. The molecule has 46 heavy (non-hydrogen) atoms. The van der Waals surface area contributed by atoms with Crippen LogP contribution in [0.25, 0.3) is 0 Å². The molecule has 1 aromatic rings. The Morgan fingerprint density at radius 1 is 0.630 bits per heavy atom. The first-order chi connectivity index (χ1) is 22.5. The highest BCUT2D eigenvalue weighted by atomic mass is 16.8. The van der Waals surface area contributed by atoms with Gasteiger partial charge >= 0.3 is 12.4 Å². The molecule has 2 N–H and O–H groups in total. The van der Waals surface area contributed by atoms with Gasteiger partial charge in [-0.3, -0.25) is 9.59 Å². The van der Waals surface area contributed by atoms with Crippen LogP contribution in [0.5, 0.6) is 5.75 Å². The van der Waals surface area contributed by atoms with E-state index in [1.54, 1.807) is 24.3 Å². The molecule has 0 aliphatic carbocycles. The second-order valence-corrected chi connectivity index (χ2v) is 13.0. The number of unbranched alkanes of at least 4 members (excludes halogenated alkanes) is 22. The molecule has 0 aliphatic heterocycles. The summed E-state index contributed by atoms with van der Waals surface area (Å²) in [5.74, 6) is -1.10. The lowest BCUT2D eigenvalue weighted by Crippen LogP contribution is -2.38. The van der Waals surface area contributed by atoms with E-state index in [0.717, 1.165) is 25.7 Å². The Balaban J connectivity index is 2.39. The number of carboxylic acid groups (broad SMARTS) is 1. The zero-order valence-corrected chi connectivity index (χ0v) is 29.8. The van der Waals surface area contributed by atoms with Crippen molar-refractivity contribution >= 4 is 11.9 Å². The van der Waals surface area contributed by atoms with E-state index < -0.39 is 24.4 Å². The minimum atomic E-state index is -1.08. The molecule has 0 saturated carbocycles. The highest BCUT2D eigenvalue weighted by Gasteiger charge is 2.17. The van der Waals surface area contributed by atoms with Crippen LogP contribution in [0.2, 0.25) is 0 Å². The maximum atomic E-state index is 12.5. The molecule has 0 saturated heterocycles. The summed E-state index contributed by atoms with van der Waals surface area (Å²) in [5.41, 5.74) is 0.325. The summed E-state index contributed by atoms with van der Waals surface area (Å²) in [4.78, 5) is 23.7. The predicted molar refractivity (Wildman–Crippen MR) is 189 cm³/mol. The van der Waals surface area contributed by atoms with Gasteiger partial charge in [0.2, 0.25) is 0 Å². The van der Waals surface area contributed by atoms with Gasteiger partial charge in [0.25, 0.3) is 5.91 Å². The summed E-state index contributed by atoms with van der Waals surface area (Å²) in [6.07, 6.45) is 30.9. The number of carboxylic acids is 1. The van der Waals surface area contributed by atoms with Gasteiger partial charge < -0.3 is 24.6 Å². The molecule has 0 spiro atoms. The van der Waals surface area contributed by atoms with Gasteiger partial charge in [-0.1, -0.05) is 161 Å². The molecular weight excluding hydrogens is 578 g/mol. The molecule has 1 rings (SSSR count). The minimum Gasteiger partial charge on any atom is -0.480 e. The summed E-state index contributed by atoms with van der Waals surface area (Å²) < 4.78 is 18.1. The minimum absolute atomic E-state index is 0.325. The molecule has 1 atom stereocenters. The molecule has 7 nitrogen and oxygen atoms in total. The Kier molecular flexibility index (Phi) is 27.5. The molecule has 1 amide bonds. The third kappa shape index (κ3) is 24.1. The van der Waals surface area contributed by atoms with Crippen molar-refractivity contribution in [3.8, 4) is 5.75 Å². The first kappa shape index (κ1) is 41.9. The van der Waals surface area contributed by atoms with Crippen molar-refractivity contribution in [1.29, 1.82) is 0 Å². The molecule has 1 unspecified atom stereocenters. The number of aliphatic carboxylic acids is 1. The Morgan fingerprint density at radius 3 is 1.41 bits per heavy atom. The summed E-state index contributed by atoms with van der Waals surface area (Å²) in [6, 6.07) is 5.71. The maximum absolute atomic E-state index is 12.5. The van der Waals surface area contributed by atoms with E-state index >= 15 is 0 Å². The van der Waals surface area contributed by atoms with E-state index in [9.17, 15) is 9.59 Å². The van der Waals surface area contributed by atoms with Crippen LogP contribution in [0, 0.1) is 0 Å². The van der Waals surface area contributed by atoms with Crippen molar-refractivity contribution in [2.24, 2.45) is 0 Å². The van der Waals surface area contributed by atoms with Crippen LogP contribution >= 0.6 is 0 Å². The van der Waals surface area contributed by atoms with Crippen LogP contribution in [0.4, 0.5) is 0 Å². The number of carbonyl (C=O) groups excluding carboxylic acids is 1. The maximum Gasteiger partial charge on any atom is 0.325 e. The van der Waals surface area contributed by atoms with E-state index in [1.807, 2.05) is 0 Å². The van der Waals surface area contributed by atoms with Crippen LogP contribution in [-0.4, -0.2) is 42.7 Å². The van der Waals surface area contributed by atoms with E-state index in [1.165, 1.54) is 135 Å². The van der Waals surface area contributed by atoms with Crippen LogP contribution in [0.3, 0.4) is 0 Å². The van der Waals surface area contributed by atoms with Gasteiger partial charge in [-0.2, -0.15) is 0 Å². The standard InChI is InChI=1S/C39H69NO6/c1-4-6-8-10-12-14-16-18-20-22-24-26-31-44-39(45-32-27-25-23-21-19-17-15-13-11-9-7-5-2)46-36-30-28-29-35(33-36)37(41)40-34(3)38(42)43/h28-30,33-34,39H,4-27,31-32H2,1-3H3,(H,40,41)(H,42,43). The first-order valence-corrected chi connectivity index (χ1v) is 19.0.